The van der Waals surface area contributed by atoms with E-state index in [1.807, 2.05) is 24.3 Å². The van der Waals surface area contributed by atoms with Gasteiger partial charge in [-0.05, 0) is 24.3 Å². The monoisotopic (exact) mass is 426 g/mol. The molecule has 4 heterocycles. The summed E-state index contributed by atoms with van der Waals surface area (Å²) in [6.07, 6.45) is 1.38. The topological polar surface area (TPSA) is 112 Å². The van der Waals surface area contributed by atoms with Crippen molar-refractivity contribution in [1.29, 1.82) is 0 Å². The lowest BCUT2D eigenvalue weighted by atomic mass is 10.1. The zero-order chi connectivity index (χ0) is 20.0. The van der Waals surface area contributed by atoms with Crippen molar-refractivity contribution in [2.45, 2.75) is 6.04 Å². The first-order valence-corrected chi connectivity index (χ1v) is 10.1. The minimum Gasteiger partial charge on any atom is -0.394 e. The molecule has 1 aliphatic heterocycles. The first-order valence-electron chi connectivity index (χ1n) is 8.89. The van der Waals surface area contributed by atoms with Gasteiger partial charge in [-0.1, -0.05) is 11.6 Å². The number of hydrogen-bond acceptors (Lipinski definition) is 8. The molecule has 0 fully saturated rings. The number of benzene rings is 1. The second-order valence-corrected chi connectivity index (χ2v) is 8.03. The Labute approximate surface area is 174 Å². The summed E-state index contributed by atoms with van der Waals surface area (Å²) in [4.78, 5) is 25.8. The maximum absolute atomic E-state index is 12.6. The highest BCUT2D eigenvalue weighted by molar-refractivity contribution is 7.21. The molecule has 29 heavy (non-hydrogen) atoms. The average molecular weight is 427 g/mol. The molecule has 4 N–H and O–H groups in total. The molecule has 0 saturated carbocycles. The summed E-state index contributed by atoms with van der Waals surface area (Å²) in [5.41, 5.74) is 1.57. The van der Waals surface area contributed by atoms with Gasteiger partial charge in [-0.3, -0.25) is 4.79 Å². The van der Waals surface area contributed by atoms with E-state index >= 15 is 0 Å². The molecule has 1 aromatic carbocycles. The molecule has 5 rings (SSSR count). The van der Waals surface area contributed by atoms with Gasteiger partial charge in [-0.15, -0.1) is 11.3 Å². The summed E-state index contributed by atoms with van der Waals surface area (Å²) >= 11 is 7.33. The lowest BCUT2D eigenvalue weighted by Crippen LogP contribution is -2.39. The summed E-state index contributed by atoms with van der Waals surface area (Å²) in [6.45, 7) is 0.342. The number of fused-ring (bicyclic) bond motifs is 5. The molecule has 0 unspecified atom stereocenters. The fraction of sp³-hybridized carbons (Fsp3) is 0.158. The van der Waals surface area contributed by atoms with Crippen molar-refractivity contribution in [1.82, 2.24) is 20.3 Å². The van der Waals surface area contributed by atoms with Gasteiger partial charge in [-0.25, -0.2) is 15.0 Å². The number of aromatic nitrogens is 3. The van der Waals surface area contributed by atoms with E-state index in [9.17, 15) is 9.90 Å². The summed E-state index contributed by atoms with van der Waals surface area (Å²) in [6, 6.07) is 9.02. The van der Waals surface area contributed by atoms with Crippen LogP contribution in [0.15, 0.2) is 36.7 Å². The van der Waals surface area contributed by atoms with Crippen molar-refractivity contribution in [3.8, 4) is 0 Å². The molecule has 146 valence electrons. The summed E-state index contributed by atoms with van der Waals surface area (Å²) in [5.74, 6) is 1.000. The van der Waals surface area contributed by atoms with Crippen molar-refractivity contribution < 1.29 is 9.90 Å². The van der Waals surface area contributed by atoms with Crippen LogP contribution in [0.5, 0.6) is 0 Å². The van der Waals surface area contributed by atoms with Gasteiger partial charge in [0, 0.05) is 28.1 Å². The predicted molar refractivity (Wildman–Crippen MR) is 114 cm³/mol. The average Bonchev–Trinajstić information content (AvgIpc) is 3.02. The first-order chi connectivity index (χ1) is 14.1. The Morgan fingerprint density at radius 2 is 2.14 bits per heavy atom. The standard InChI is InChI=1S/C19H15ClN6O2S/c20-13-5-15(23-8-22-13)26-14-4-1-10-11(25-14)2-3-12-16(10)17-18(29-12)19(28)24-9(7-27)6-21-17/h1-5,8-9,21,27H,6-7H2,(H,24,28)(H,22,23,25,26)/t9-/m1/s1. The molecule has 1 atom stereocenters. The number of anilines is 3. The van der Waals surface area contributed by atoms with Crippen LogP contribution in [0.2, 0.25) is 5.15 Å². The number of carbonyl (C=O) groups excluding carboxylic acids is 1. The van der Waals surface area contributed by atoms with Gasteiger partial charge in [0.15, 0.2) is 0 Å². The molecule has 3 aromatic heterocycles. The quantitative estimate of drug-likeness (QED) is 0.372. The minimum absolute atomic E-state index is 0.115. The van der Waals surface area contributed by atoms with E-state index in [2.05, 4.69) is 30.9 Å². The molecular formula is C19H15ClN6O2S. The summed E-state index contributed by atoms with van der Waals surface area (Å²) < 4.78 is 0.998. The molecule has 0 spiro atoms. The third-order valence-electron chi connectivity index (χ3n) is 4.70. The molecule has 0 aliphatic carbocycles. The number of aliphatic hydroxyl groups is 1. The third kappa shape index (κ3) is 3.23. The van der Waals surface area contributed by atoms with E-state index in [-0.39, 0.29) is 18.6 Å². The summed E-state index contributed by atoms with van der Waals surface area (Å²) in [5, 5.41) is 20.9. The number of aliphatic hydroxyl groups excluding tert-OH is 1. The number of carbonyl (C=O) groups is 1. The molecular weight excluding hydrogens is 412 g/mol. The summed E-state index contributed by atoms with van der Waals surface area (Å²) in [7, 11) is 0. The number of nitrogens with one attached hydrogen (secondary N) is 3. The normalized spacial score (nSPS) is 16.2. The predicted octanol–water partition coefficient (Wildman–Crippen LogP) is 3.15. The third-order valence-corrected chi connectivity index (χ3v) is 6.06. The zero-order valence-corrected chi connectivity index (χ0v) is 16.5. The van der Waals surface area contributed by atoms with Crippen LogP contribution in [-0.2, 0) is 0 Å². The van der Waals surface area contributed by atoms with Crippen molar-refractivity contribution in [2.75, 3.05) is 23.8 Å². The number of hydrogen-bond donors (Lipinski definition) is 4. The highest BCUT2D eigenvalue weighted by atomic mass is 35.5. The molecule has 0 radical (unpaired) electrons. The van der Waals surface area contributed by atoms with Crippen LogP contribution in [0, 0.1) is 0 Å². The maximum Gasteiger partial charge on any atom is 0.263 e. The maximum atomic E-state index is 12.6. The van der Waals surface area contributed by atoms with Gasteiger partial charge >= 0.3 is 0 Å². The van der Waals surface area contributed by atoms with Crippen LogP contribution in [0.4, 0.5) is 17.3 Å². The second-order valence-electron chi connectivity index (χ2n) is 6.59. The van der Waals surface area contributed by atoms with Gasteiger partial charge in [-0.2, -0.15) is 0 Å². The Hall–Kier alpha value is -3.01. The van der Waals surface area contributed by atoms with Gasteiger partial charge in [0.2, 0.25) is 0 Å². The Bertz CT molecular complexity index is 1260. The highest BCUT2D eigenvalue weighted by Crippen LogP contribution is 2.41. The van der Waals surface area contributed by atoms with Crippen molar-refractivity contribution in [3.63, 3.8) is 0 Å². The molecule has 1 amide bonds. The van der Waals surface area contributed by atoms with Crippen LogP contribution >= 0.6 is 22.9 Å². The molecule has 8 nitrogen and oxygen atoms in total. The van der Waals surface area contributed by atoms with Crippen LogP contribution in [0.3, 0.4) is 0 Å². The van der Waals surface area contributed by atoms with Crippen LogP contribution in [0.1, 0.15) is 9.67 Å². The van der Waals surface area contributed by atoms with Crippen LogP contribution in [0.25, 0.3) is 21.0 Å². The van der Waals surface area contributed by atoms with Gasteiger partial charge in [0.05, 0.1) is 23.9 Å². The number of amides is 1. The number of thiophene rings is 1. The Balaban J connectivity index is 1.59. The Morgan fingerprint density at radius 1 is 1.24 bits per heavy atom. The molecule has 0 saturated heterocycles. The first kappa shape index (κ1) is 18.0. The number of rotatable bonds is 3. The van der Waals surface area contributed by atoms with Gasteiger partial charge in [0.25, 0.3) is 5.91 Å². The van der Waals surface area contributed by atoms with Crippen molar-refractivity contribution in [2.24, 2.45) is 0 Å². The highest BCUT2D eigenvalue weighted by Gasteiger charge is 2.26. The molecule has 1 aliphatic rings. The van der Waals surface area contributed by atoms with Gasteiger partial charge < -0.3 is 21.1 Å². The number of halogens is 1. The molecule has 10 heteroatoms. The fourth-order valence-corrected chi connectivity index (χ4v) is 4.62. The lowest BCUT2D eigenvalue weighted by molar-refractivity contribution is 0.0928. The van der Waals surface area contributed by atoms with E-state index in [1.54, 1.807) is 6.07 Å². The van der Waals surface area contributed by atoms with Crippen molar-refractivity contribution in [3.05, 3.63) is 46.7 Å². The zero-order valence-electron chi connectivity index (χ0n) is 14.9. The van der Waals surface area contributed by atoms with Crippen LogP contribution < -0.4 is 16.0 Å². The largest absolute Gasteiger partial charge is 0.394 e. The van der Waals surface area contributed by atoms with Crippen molar-refractivity contribution >= 4 is 67.2 Å². The number of pyridine rings is 1. The van der Waals surface area contributed by atoms with E-state index in [0.29, 0.717) is 28.2 Å². The molecule has 0 bridgehead atoms. The Morgan fingerprint density at radius 3 is 2.97 bits per heavy atom. The van der Waals surface area contributed by atoms with E-state index < -0.39 is 0 Å². The minimum atomic E-state index is -0.319. The lowest BCUT2D eigenvalue weighted by Gasteiger charge is -2.12. The van der Waals surface area contributed by atoms with E-state index in [1.165, 1.54) is 17.7 Å². The SMILES string of the molecule is O=C1N[C@@H](CO)CNc2c1sc1ccc3nc(Nc4cc(Cl)ncn4)ccc3c21. The molecule has 4 aromatic rings. The number of nitrogens with zero attached hydrogens (tertiary/aromatic N) is 3. The fourth-order valence-electron chi connectivity index (χ4n) is 3.37. The van der Waals surface area contributed by atoms with Crippen LogP contribution in [-0.4, -0.2) is 45.2 Å². The van der Waals surface area contributed by atoms with Gasteiger partial charge in [0.1, 0.15) is 28.0 Å². The van der Waals surface area contributed by atoms with E-state index in [4.69, 9.17) is 11.6 Å². The second kappa shape index (κ2) is 7.11. The van der Waals surface area contributed by atoms with E-state index in [0.717, 1.165) is 26.7 Å². The Kier molecular flexibility index (Phi) is 4.42. The smallest absolute Gasteiger partial charge is 0.263 e.